The van der Waals surface area contributed by atoms with E-state index in [9.17, 15) is 0 Å². The Kier molecular flexibility index (Phi) is 3.73. The number of ether oxygens (including phenoxy) is 2. The summed E-state index contributed by atoms with van der Waals surface area (Å²) in [6.07, 6.45) is 0. The Labute approximate surface area is 500 Å². The molecule has 6 aliphatic heterocycles. The lowest BCUT2D eigenvalue weighted by Crippen LogP contribution is -2.52. The van der Waals surface area contributed by atoms with Crippen LogP contribution in [0.15, 0.2) is 72.8 Å². The highest BCUT2D eigenvalue weighted by Gasteiger charge is 2.82. The van der Waals surface area contributed by atoms with Gasteiger partial charge in [0.25, 0.3) is 0 Å². The number of hydrogen-bond acceptors (Lipinski definition) is 4. The average molecular weight is 1120 g/mol. The van der Waals surface area contributed by atoms with Gasteiger partial charge in [0.15, 0.2) is 0 Å². The molecule has 6 heterocycles. The van der Waals surface area contributed by atoms with Crippen LogP contribution in [0.1, 0.15) is 78.8 Å². The maximum Gasteiger partial charge on any atom is 0.119 e. The van der Waals surface area contributed by atoms with Gasteiger partial charge >= 0.3 is 0 Å². The van der Waals surface area contributed by atoms with E-state index in [1.165, 1.54) is 11.1 Å². The molecule has 2 fully saturated rings. The first kappa shape index (κ1) is 37.0. The molecule has 2 saturated heterocycles. The van der Waals surface area contributed by atoms with Gasteiger partial charge in [0.05, 0.1) is 21.7 Å². The summed E-state index contributed by atoms with van der Waals surface area (Å²) in [7, 11) is 5.19. The Morgan fingerprint density at radius 2 is 0.522 bits per heavy atom. The molecule has 4 spiro atoms. The van der Waals surface area contributed by atoms with Crippen LogP contribution >= 0.6 is 0 Å². The van der Waals surface area contributed by atoms with E-state index in [4.69, 9.17) is 9.47 Å². The van der Waals surface area contributed by atoms with Gasteiger partial charge in [0.1, 0.15) is 24.7 Å². The van der Waals surface area contributed by atoms with Crippen LogP contribution < -0.4 is 9.47 Å². The molecule has 0 N–H and O–H groups in total. The molecule has 8 aliphatic carbocycles. The number of nitrogens with zero attached hydrogens (tertiary/aromatic N) is 2. The third kappa shape index (κ3) is 2.24. The van der Waals surface area contributed by atoms with E-state index in [1.807, 2.05) is 0 Å². The molecule has 0 radical (unpaired) electrons. The summed E-state index contributed by atoms with van der Waals surface area (Å²) in [6.45, 7) is 2.99. The van der Waals surface area contributed by atoms with E-state index in [0.717, 1.165) is 35.7 Å². The average Bonchev–Trinajstić information content (AvgIpc) is 1.37. The molecule has 41 rings (SSSR count). The van der Waals surface area contributed by atoms with Crippen molar-refractivity contribution in [3.63, 3.8) is 0 Å². The first-order chi connectivity index (χ1) is 44.6. The van der Waals surface area contributed by atoms with Crippen molar-refractivity contribution in [1.29, 1.82) is 0 Å². The molecule has 4 nitrogen and oxygen atoms in total. The second-order valence-electron chi connectivity index (χ2n) is 32.6. The van der Waals surface area contributed by atoms with Crippen molar-refractivity contribution in [3.8, 4) is 22.6 Å². The highest BCUT2D eigenvalue weighted by Crippen LogP contribution is 2.92. The first-order valence-electron chi connectivity index (χ1n) is 33.6. The molecule has 27 aromatic carbocycles. The Hall–Kier alpha value is -10.1. The Morgan fingerprint density at radius 3 is 0.856 bits per heavy atom. The lowest BCUT2D eigenvalue weighted by Gasteiger charge is -2.53. The maximum absolute atomic E-state index is 6.90. The molecular weight excluding hydrogens is 1090 g/mol. The van der Waals surface area contributed by atoms with Gasteiger partial charge in [0.2, 0.25) is 0 Å². The minimum absolute atomic E-state index is 0.0558. The predicted octanol–water partition coefficient (Wildman–Crippen LogP) is 19.7. The van der Waals surface area contributed by atoms with Gasteiger partial charge < -0.3 is 9.47 Å². The van der Waals surface area contributed by atoms with Crippen molar-refractivity contribution >= 4 is 248 Å². The zero-order valence-corrected chi connectivity index (χ0v) is 47.6. The monoisotopic (exact) mass is 1120 g/mol. The van der Waals surface area contributed by atoms with Gasteiger partial charge in [-0.15, -0.1) is 0 Å². The first-order valence-corrected chi connectivity index (χ1v) is 33.6. The fourth-order valence-electron chi connectivity index (χ4n) is 31.2. The van der Waals surface area contributed by atoms with Crippen molar-refractivity contribution in [1.82, 2.24) is 9.80 Å². The number of likely N-dealkylation sites (N-methyl/N-ethyl adjacent to an activating group) is 2. The maximum atomic E-state index is 6.90. The number of benzene rings is 19. The number of likely N-dealkylation sites (tertiary alicyclic amines) is 2. The normalized spacial score (nSPS) is 27.1. The third-order valence-electron chi connectivity index (χ3n) is 31.5. The summed E-state index contributed by atoms with van der Waals surface area (Å²) in [5.74, 6) is 1.87. The highest BCUT2D eigenvalue weighted by molar-refractivity contribution is 6.79. The van der Waals surface area contributed by atoms with Gasteiger partial charge in [-0.2, -0.15) is 0 Å². The molecule has 4 unspecified atom stereocenters. The van der Waals surface area contributed by atoms with Crippen molar-refractivity contribution in [2.45, 2.75) is 47.0 Å². The summed E-state index contributed by atoms with van der Waals surface area (Å²) < 4.78 is 13.8. The van der Waals surface area contributed by atoms with Crippen LogP contribution in [0, 0.1) is 0 Å². The quantitative estimate of drug-likeness (QED) is 0.141. The topological polar surface area (TPSA) is 24.9 Å². The van der Waals surface area contributed by atoms with Crippen molar-refractivity contribution in [3.05, 3.63) is 140 Å². The summed E-state index contributed by atoms with van der Waals surface area (Å²) in [6, 6.07) is 28.6. The Morgan fingerprint density at radius 1 is 0.278 bits per heavy atom. The number of rotatable bonds is 0. The second kappa shape index (κ2) is 9.06. The SMILES string of the molecule is CN1CC23c4c5c6c7c8c9c%10c%11c%12c%13c%14c%15c%16c%17c%18c-8c(c8c%19c2c2c4c4c%20c5c(c6%10)c5c%11c6c%13c%10c%14c%11c%16c%13c(c8%17)c%19c8c2c2c4c4c%20c5c6c5c%10c6c%11c%13c8c2c6c45)C73[C@@H]1c1ccc(cc1)OCc1cccc(c1)COc1ccc(cc1)[C@@H]1N(C)CC9%12C%18%151. The van der Waals surface area contributed by atoms with Crippen molar-refractivity contribution in [2.24, 2.45) is 0 Å². The van der Waals surface area contributed by atoms with Crippen molar-refractivity contribution < 1.29 is 9.47 Å². The van der Waals surface area contributed by atoms with Crippen LogP contribution in [0.3, 0.4) is 0 Å². The van der Waals surface area contributed by atoms with Gasteiger partial charge in [-0.05, 0) is 370 Å². The van der Waals surface area contributed by atoms with Crippen LogP contribution in [-0.4, -0.2) is 37.0 Å². The standard InChI is InChI=1S/C86H28N2O2/c1-87-17-83-73-59-49-38-29-25-26-28-33-27(25)34-31-36(29)43(49)53-47-40(31)51-42(34)52-45(33)56-46-35(28)32-37-30(26)39(38)50-44(37)54-48-41(32)55(46)67-70-58(48)69(64(54)74(83)60(50)59)79-72-71-76-65-57(47)68(63(53)73)78(71)86(79,83)82(87)22-8-12-24(13-9-22)90-16-20-5-3-4-19(14-20)15-89-23-10-6-21(7-11-23)81-85(80(70)72)77(67)66(56)62(52)75(61(51)65)84(76,85)18-88(81)2/h3-14,81-82H,15-18H2,1-2H3/t81-,82-,83?,84?,85?,86?/m0/s1. The molecule has 11 bridgehead atoms. The van der Waals surface area contributed by atoms with Gasteiger partial charge in [-0.25, -0.2) is 0 Å². The molecule has 0 amide bonds. The van der Waals surface area contributed by atoms with Crippen LogP contribution in [-0.2, 0) is 34.9 Å². The highest BCUT2D eigenvalue weighted by atomic mass is 16.5. The molecule has 6 atom stereocenters. The van der Waals surface area contributed by atoms with E-state index in [2.05, 4.69) is 96.7 Å². The van der Waals surface area contributed by atoms with Crippen LogP contribution in [0.2, 0.25) is 0 Å². The summed E-state index contributed by atoms with van der Waals surface area (Å²) in [5, 5.41) is 76.5. The zero-order valence-electron chi connectivity index (χ0n) is 47.6. The number of hydrogen-bond donors (Lipinski definition) is 0. The van der Waals surface area contributed by atoms with E-state index in [-0.39, 0.29) is 22.9 Å². The minimum atomic E-state index is -0.440. The minimum Gasteiger partial charge on any atom is -0.489 e. The van der Waals surface area contributed by atoms with Gasteiger partial charge in [-0.1, -0.05) is 42.5 Å². The summed E-state index contributed by atoms with van der Waals surface area (Å²) in [5.41, 5.74) is 21.1. The molecule has 4 heteroatoms. The third-order valence-corrected chi connectivity index (χ3v) is 31.5. The van der Waals surface area contributed by atoms with Gasteiger partial charge in [0, 0.05) is 25.2 Å². The molecule has 394 valence electrons. The molecule has 0 saturated carbocycles. The summed E-state index contributed by atoms with van der Waals surface area (Å²) >= 11 is 0. The second-order valence-corrected chi connectivity index (χ2v) is 32.6. The van der Waals surface area contributed by atoms with Crippen LogP contribution in [0.25, 0.3) is 259 Å². The molecule has 27 aromatic rings. The predicted molar refractivity (Wildman–Crippen MR) is 365 cm³/mol. The largest absolute Gasteiger partial charge is 0.489 e. The summed E-state index contributed by atoms with van der Waals surface area (Å²) in [4.78, 5) is 5.94. The molecule has 14 aliphatic rings. The van der Waals surface area contributed by atoms with Crippen LogP contribution in [0.4, 0.5) is 0 Å². The lowest BCUT2D eigenvalue weighted by atomic mass is 9.46. The Bertz CT molecular complexity index is 8530. The van der Waals surface area contributed by atoms with E-state index in [1.54, 1.807) is 303 Å². The van der Waals surface area contributed by atoms with E-state index >= 15 is 0 Å². The van der Waals surface area contributed by atoms with Crippen LogP contribution in [0.5, 0.6) is 11.5 Å². The van der Waals surface area contributed by atoms with Crippen molar-refractivity contribution in [2.75, 3.05) is 27.2 Å². The van der Waals surface area contributed by atoms with Gasteiger partial charge in [-0.3, -0.25) is 9.80 Å². The zero-order chi connectivity index (χ0) is 54.8. The lowest BCUT2D eigenvalue weighted by molar-refractivity contribution is 0.267. The molecule has 90 heavy (non-hydrogen) atoms. The fourth-order valence-corrected chi connectivity index (χ4v) is 31.2. The molecular formula is C86H28N2O2. The van der Waals surface area contributed by atoms with E-state index < -0.39 is 10.8 Å². The van der Waals surface area contributed by atoms with E-state index in [0.29, 0.717) is 13.2 Å². The smallest absolute Gasteiger partial charge is 0.119 e. The molecule has 0 aromatic heterocycles. The Balaban J connectivity index is 0.939. The fraction of sp³-hybridized carbons (Fsp3) is 0.140.